The lowest BCUT2D eigenvalue weighted by Crippen LogP contribution is -2.41. The number of anilines is 3. The lowest BCUT2D eigenvalue weighted by Gasteiger charge is -2.32. The summed E-state index contributed by atoms with van der Waals surface area (Å²) in [5.74, 6) is 2.91. The van der Waals surface area contributed by atoms with E-state index in [2.05, 4.69) is 41.5 Å². The van der Waals surface area contributed by atoms with Crippen molar-refractivity contribution < 1.29 is 47.4 Å². The van der Waals surface area contributed by atoms with Crippen LogP contribution < -0.4 is 50.2 Å². The Balaban J connectivity index is 0.000000141. The first-order chi connectivity index (χ1) is 33.2. The van der Waals surface area contributed by atoms with Crippen molar-refractivity contribution in [1.29, 1.82) is 0 Å². The van der Waals surface area contributed by atoms with Crippen molar-refractivity contribution in [1.82, 2.24) is 15.0 Å². The Morgan fingerprint density at radius 2 is 1.17 bits per heavy atom. The Morgan fingerprint density at radius 3 is 1.77 bits per heavy atom. The van der Waals surface area contributed by atoms with Crippen LogP contribution in [-0.2, 0) is 23.7 Å². The number of aromatic nitrogens is 3. The molecule has 4 aliphatic rings. The number of methoxy groups -OCH3 is 2. The van der Waals surface area contributed by atoms with Gasteiger partial charge >= 0.3 is 7.12 Å². The second-order valence-corrected chi connectivity index (χ2v) is 18.4. The molecule has 0 radical (unpaired) electrons. The number of nitrogens with zero attached hydrogens (tertiary/aromatic N) is 3. The molecule has 3 amide bonds. The van der Waals surface area contributed by atoms with Gasteiger partial charge in [-0.3, -0.25) is 19.2 Å². The lowest BCUT2D eigenvalue weighted by atomic mass is 9.79. The lowest BCUT2D eigenvalue weighted by molar-refractivity contribution is -0.121. The van der Waals surface area contributed by atoms with E-state index in [1.165, 1.54) is 0 Å². The molecule has 1 saturated heterocycles. The molecule has 70 heavy (non-hydrogen) atoms. The quantitative estimate of drug-likeness (QED) is 0.143. The van der Waals surface area contributed by atoms with Crippen molar-refractivity contribution in [2.24, 2.45) is 0 Å². The number of likely N-dealkylation sites (N-methyl/N-ethyl adjacent to an activating group) is 1. The molecule has 0 aliphatic carbocycles. The van der Waals surface area contributed by atoms with E-state index in [1.807, 2.05) is 115 Å². The van der Waals surface area contributed by atoms with Crippen molar-refractivity contribution in [3.8, 4) is 51.3 Å². The average Bonchev–Trinajstić information content (AvgIpc) is 3.56. The number of nitrogens with one attached hydrogen (secondary N) is 3. The molecule has 4 aliphatic heterocycles. The SMILES string of the molecule is CC1(C)OB(c2ccc3c(c2)OCC(=O)N3)OC1(C)C.COc1cc(C)c(-c2ccc3c(c2)OCC(=O)N3)cn1.COc1cc(C)c(Br)cn1.Cc1cc(=O)[nH]cc1-c1ccc2c(c1)OCC(=O)N2C. The van der Waals surface area contributed by atoms with E-state index in [0.29, 0.717) is 40.4 Å². The van der Waals surface area contributed by atoms with Gasteiger partial charge in [-0.15, -0.1) is 0 Å². The monoisotopic (exact) mass is 1020 g/mol. The molecule has 0 bridgehead atoms. The van der Waals surface area contributed by atoms with Gasteiger partial charge in [-0.1, -0.05) is 18.2 Å². The second-order valence-electron chi connectivity index (χ2n) is 17.6. The van der Waals surface area contributed by atoms with Gasteiger partial charge in [-0.2, -0.15) is 0 Å². The molecule has 17 nitrogen and oxygen atoms in total. The highest BCUT2D eigenvalue weighted by Gasteiger charge is 2.52. The molecule has 6 aromatic rings. The van der Waals surface area contributed by atoms with Crippen LogP contribution in [0.3, 0.4) is 0 Å². The Hall–Kier alpha value is -7.22. The molecule has 10 rings (SSSR count). The molecule has 19 heteroatoms. The largest absolute Gasteiger partial charge is 0.494 e. The van der Waals surface area contributed by atoms with Crippen molar-refractivity contribution in [2.45, 2.75) is 59.7 Å². The first kappa shape index (κ1) is 50.7. The third-order valence-corrected chi connectivity index (χ3v) is 12.9. The number of rotatable bonds is 5. The number of aryl methyl sites for hydroxylation is 3. The van der Waals surface area contributed by atoms with Crippen molar-refractivity contribution in [2.75, 3.05) is 56.6 Å². The standard InChI is InChI=1S/2C15H14N2O3.C14H18BNO4.C7H8BrNO/c1-9-5-15(19-2)16-7-11(9)10-3-4-12-13(6-10)20-8-14(18)17-12;1-9-5-14(18)16-7-11(9)10-3-4-12-13(6-10)20-8-15(19)17(12)2;1-13(2)14(3,4)20-15(19-13)9-5-6-10-11(7-9)18-8-12(17)16-10;1-5-3-7(10-2)9-4-6(5)8/h3-7H,8H2,1-2H3,(H,17,18);3-7H,8H2,1-2H3,(H,16,18);5-7H,8H2,1-4H3,(H,16,17);3-4H,1-2H3. The van der Waals surface area contributed by atoms with Crippen LogP contribution in [0.15, 0.2) is 101 Å². The molecule has 7 heterocycles. The van der Waals surface area contributed by atoms with Gasteiger partial charge in [0.25, 0.3) is 17.7 Å². The van der Waals surface area contributed by atoms with Crippen LogP contribution in [0.1, 0.15) is 44.4 Å². The van der Waals surface area contributed by atoms with Crippen LogP contribution in [0, 0.1) is 20.8 Å². The maximum atomic E-state index is 11.6. The van der Waals surface area contributed by atoms with Crippen molar-refractivity contribution >= 4 is 63.3 Å². The molecule has 3 aromatic carbocycles. The molecule has 364 valence electrons. The molecule has 0 saturated carbocycles. The van der Waals surface area contributed by atoms with E-state index in [0.717, 1.165) is 54.6 Å². The number of carbonyl (C=O) groups is 3. The number of hydrogen-bond donors (Lipinski definition) is 3. The molecular weight excluding hydrogens is 963 g/mol. The van der Waals surface area contributed by atoms with E-state index in [9.17, 15) is 19.2 Å². The number of ether oxygens (including phenoxy) is 5. The minimum atomic E-state index is -0.425. The third-order valence-electron chi connectivity index (χ3n) is 12.1. The molecule has 1 fully saturated rings. The topological polar surface area (TPSA) is 202 Å². The average molecular weight is 1020 g/mol. The summed E-state index contributed by atoms with van der Waals surface area (Å²) in [4.78, 5) is 57.8. The maximum Gasteiger partial charge on any atom is 0.494 e. The molecule has 3 N–H and O–H groups in total. The highest BCUT2D eigenvalue weighted by molar-refractivity contribution is 9.10. The van der Waals surface area contributed by atoms with Crippen LogP contribution in [0.5, 0.6) is 29.0 Å². The van der Waals surface area contributed by atoms with Gasteiger partial charge in [0.1, 0.15) is 17.2 Å². The summed E-state index contributed by atoms with van der Waals surface area (Å²) < 4.78 is 39.3. The Morgan fingerprint density at radius 1 is 0.643 bits per heavy atom. The summed E-state index contributed by atoms with van der Waals surface area (Å²) in [6.07, 6.45) is 5.20. The van der Waals surface area contributed by atoms with Gasteiger partial charge in [0, 0.05) is 59.4 Å². The first-order valence-electron chi connectivity index (χ1n) is 22.1. The number of carbonyl (C=O) groups excluding carboxylic acids is 3. The fourth-order valence-corrected chi connectivity index (χ4v) is 7.57. The van der Waals surface area contributed by atoms with Gasteiger partial charge in [-0.05, 0) is 134 Å². The Labute approximate surface area is 414 Å². The third kappa shape index (κ3) is 11.6. The number of fused-ring (bicyclic) bond motifs is 3. The van der Waals surface area contributed by atoms with E-state index in [1.54, 1.807) is 50.8 Å². The number of H-pyrrole nitrogens is 1. The van der Waals surface area contributed by atoms with Gasteiger partial charge < -0.3 is 53.5 Å². The minimum Gasteiger partial charge on any atom is -0.482 e. The highest BCUT2D eigenvalue weighted by atomic mass is 79.9. The summed E-state index contributed by atoms with van der Waals surface area (Å²) in [5, 5.41) is 5.54. The van der Waals surface area contributed by atoms with Gasteiger partial charge in [0.2, 0.25) is 17.3 Å². The predicted octanol–water partition coefficient (Wildman–Crippen LogP) is 7.58. The Kier molecular flexibility index (Phi) is 15.3. The molecule has 3 aromatic heterocycles. The smallest absolute Gasteiger partial charge is 0.482 e. The number of aromatic amines is 1. The van der Waals surface area contributed by atoms with Crippen LogP contribution in [0.25, 0.3) is 22.3 Å². The van der Waals surface area contributed by atoms with Crippen LogP contribution >= 0.6 is 15.9 Å². The number of amides is 3. The number of halogens is 1. The summed E-state index contributed by atoms with van der Waals surface area (Å²) in [5.41, 5.74) is 9.14. The minimum absolute atomic E-state index is 0.0415. The van der Waals surface area contributed by atoms with E-state index in [4.69, 9.17) is 33.0 Å². The van der Waals surface area contributed by atoms with Crippen molar-refractivity contribution in [3.63, 3.8) is 0 Å². The van der Waals surface area contributed by atoms with E-state index in [-0.39, 0.29) is 54.3 Å². The van der Waals surface area contributed by atoms with E-state index < -0.39 is 7.12 Å². The normalized spacial score (nSPS) is 15.7. The van der Waals surface area contributed by atoms with Crippen LogP contribution in [0.2, 0.25) is 0 Å². The zero-order chi connectivity index (χ0) is 50.5. The van der Waals surface area contributed by atoms with Gasteiger partial charge in [-0.25, -0.2) is 9.97 Å². The maximum absolute atomic E-state index is 11.6. The summed E-state index contributed by atoms with van der Waals surface area (Å²) in [7, 11) is 4.51. The molecule has 0 atom stereocenters. The fraction of sp³-hybridized carbons (Fsp3) is 0.294. The Bertz CT molecular complexity index is 3000. The highest BCUT2D eigenvalue weighted by Crippen LogP contribution is 2.39. The van der Waals surface area contributed by atoms with Crippen LogP contribution in [0.4, 0.5) is 17.1 Å². The summed E-state index contributed by atoms with van der Waals surface area (Å²) in [6.45, 7) is 14.1. The zero-order valence-corrected chi connectivity index (χ0v) is 42.2. The number of hydrogen-bond acceptors (Lipinski definition) is 13. The van der Waals surface area contributed by atoms with Crippen LogP contribution in [-0.4, -0.2) is 92.1 Å². The van der Waals surface area contributed by atoms with Gasteiger partial charge in [0.05, 0.1) is 42.5 Å². The number of pyridine rings is 3. The number of benzene rings is 3. The molecule has 0 unspecified atom stereocenters. The van der Waals surface area contributed by atoms with Gasteiger partial charge in [0.15, 0.2) is 19.8 Å². The summed E-state index contributed by atoms with van der Waals surface area (Å²) >= 11 is 3.34. The second kappa shape index (κ2) is 21.2. The van der Waals surface area contributed by atoms with E-state index >= 15 is 0 Å². The summed E-state index contributed by atoms with van der Waals surface area (Å²) in [6, 6.07) is 22.2. The first-order valence-corrected chi connectivity index (χ1v) is 22.9. The predicted molar refractivity (Wildman–Crippen MR) is 271 cm³/mol. The fourth-order valence-electron chi connectivity index (χ4n) is 7.36. The molecular formula is C51H54BBrN6O11. The van der Waals surface area contributed by atoms with Crippen molar-refractivity contribution in [3.05, 3.63) is 123 Å². The molecule has 0 spiro atoms. The zero-order valence-electron chi connectivity index (χ0n) is 40.6.